The van der Waals surface area contributed by atoms with E-state index >= 15 is 0 Å². The van der Waals surface area contributed by atoms with E-state index in [1.165, 1.54) is 0 Å². The van der Waals surface area contributed by atoms with Gasteiger partial charge in [0.25, 0.3) is 0 Å². The van der Waals surface area contributed by atoms with Crippen LogP contribution in [0, 0.1) is 23.8 Å². The molecule has 136 valence electrons. The number of carbonyl (C=O) groups is 1. The Kier molecular flexibility index (Phi) is 4.35. The summed E-state index contributed by atoms with van der Waals surface area (Å²) in [4.78, 5) is 24.3. The van der Waals surface area contributed by atoms with Crippen LogP contribution < -0.4 is 11.1 Å². The van der Waals surface area contributed by atoms with E-state index in [0.29, 0.717) is 29.1 Å². The van der Waals surface area contributed by atoms with Crippen molar-refractivity contribution in [3.05, 3.63) is 59.6 Å². The maximum Gasteiger partial charge on any atom is 0.236 e. The van der Waals surface area contributed by atoms with Crippen molar-refractivity contribution in [2.45, 2.75) is 18.9 Å². The molecule has 0 spiro atoms. The number of pyridine rings is 2. The average molecular weight is 368 g/mol. The molecule has 2 aromatic heterocycles. The molecule has 1 aromatic carbocycles. The van der Waals surface area contributed by atoms with Crippen LogP contribution in [0.2, 0.25) is 0 Å². The summed E-state index contributed by atoms with van der Waals surface area (Å²) >= 11 is 0. The van der Waals surface area contributed by atoms with Crippen molar-refractivity contribution in [3.8, 4) is 17.3 Å². The van der Waals surface area contributed by atoms with Crippen LogP contribution in [0.15, 0.2) is 42.6 Å². The lowest BCUT2D eigenvalue weighted by Gasteiger charge is -2.10. The molecule has 1 fully saturated rings. The summed E-state index contributed by atoms with van der Waals surface area (Å²) in [7, 11) is 0. The van der Waals surface area contributed by atoms with E-state index in [0.717, 1.165) is 16.5 Å². The Hall–Kier alpha value is -3.97. The number of nitrogen functional groups attached to an aromatic ring is 1. The molecule has 0 bridgehead atoms. The highest BCUT2D eigenvalue weighted by atomic mass is 16.2. The number of anilines is 2. The van der Waals surface area contributed by atoms with Gasteiger partial charge in [0.15, 0.2) is 0 Å². The van der Waals surface area contributed by atoms with Crippen LogP contribution in [0.25, 0.3) is 26.9 Å². The Bertz CT molecular complexity index is 1170. The fourth-order valence-electron chi connectivity index (χ4n) is 3.21. The van der Waals surface area contributed by atoms with Gasteiger partial charge in [0, 0.05) is 23.6 Å². The van der Waals surface area contributed by atoms with Crippen LogP contribution in [0.1, 0.15) is 12.0 Å². The lowest BCUT2D eigenvalue weighted by atomic mass is 10.0. The maximum absolute atomic E-state index is 12.2. The van der Waals surface area contributed by atoms with Gasteiger partial charge < -0.3 is 15.9 Å². The predicted molar refractivity (Wildman–Crippen MR) is 106 cm³/mol. The zero-order valence-electron chi connectivity index (χ0n) is 14.9. The van der Waals surface area contributed by atoms with Gasteiger partial charge in [-0.2, -0.15) is 5.26 Å². The fraction of sp³-hybridized carbons (Fsp3) is 0.190. The molecular formula is C21H16N6O. The monoisotopic (exact) mass is 368 g/mol. The molecule has 4 rings (SSSR count). The van der Waals surface area contributed by atoms with Gasteiger partial charge in [0.1, 0.15) is 17.6 Å². The zero-order chi connectivity index (χ0) is 19.7. The number of hydrogen-bond acceptors (Lipinski definition) is 5. The predicted octanol–water partition coefficient (Wildman–Crippen LogP) is 3.19. The quantitative estimate of drug-likeness (QED) is 0.687. The Morgan fingerprint density at radius 1 is 1.39 bits per heavy atom. The number of fused-ring (bicyclic) bond motifs is 1. The first-order valence-corrected chi connectivity index (χ1v) is 8.79. The fourth-order valence-corrected chi connectivity index (χ4v) is 3.21. The number of aromatic nitrogens is 2. The van der Waals surface area contributed by atoms with E-state index in [1.54, 1.807) is 12.3 Å². The minimum atomic E-state index is -0.258. The smallest absolute Gasteiger partial charge is 0.236 e. The highest BCUT2D eigenvalue weighted by Gasteiger charge is 2.49. The zero-order valence-corrected chi connectivity index (χ0v) is 14.9. The van der Waals surface area contributed by atoms with Crippen molar-refractivity contribution in [1.82, 2.24) is 9.97 Å². The minimum absolute atomic E-state index is 0.186. The van der Waals surface area contributed by atoms with Crippen molar-refractivity contribution in [3.63, 3.8) is 0 Å². The standard InChI is InChI=1S/C21H16N6O/c1-24-17-10-15(17)21(28)27-19-9-13-8-18(26-20(23)16(13)11-25-19)14-5-3-2-4-12(14)6-7-22/h2-5,8-9,11,15,17H,6,10H2,(H2,23,26)(H,25,27,28)/t15-,17-/m1/s1. The van der Waals surface area contributed by atoms with Crippen LogP contribution in [0.5, 0.6) is 0 Å². The van der Waals surface area contributed by atoms with Crippen LogP contribution in [-0.4, -0.2) is 21.9 Å². The number of hydrogen-bond donors (Lipinski definition) is 2. The Labute approximate surface area is 161 Å². The third-order valence-electron chi connectivity index (χ3n) is 4.82. The molecule has 1 aliphatic rings. The van der Waals surface area contributed by atoms with Crippen molar-refractivity contribution in [1.29, 1.82) is 5.26 Å². The van der Waals surface area contributed by atoms with Crippen LogP contribution in [0.3, 0.4) is 0 Å². The van der Waals surface area contributed by atoms with Crippen molar-refractivity contribution < 1.29 is 4.79 Å². The van der Waals surface area contributed by atoms with Gasteiger partial charge in [-0.25, -0.2) is 16.5 Å². The van der Waals surface area contributed by atoms with Crippen molar-refractivity contribution >= 4 is 28.3 Å². The van der Waals surface area contributed by atoms with Gasteiger partial charge in [-0.15, -0.1) is 0 Å². The van der Waals surface area contributed by atoms with E-state index in [4.69, 9.17) is 17.6 Å². The summed E-state index contributed by atoms with van der Waals surface area (Å²) in [5.41, 5.74) is 8.51. The summed E-state index contributed by atoms with van der Waals surface area (Å²) in [6, 6.07) is 13.1. The Balaban J connectivity index is 1.70. The second-order valence-corrected chi connectivity index (χ2v) is 6.70. The second kappa shape index (κ2) is 6.98. The molecule has 2 heterocycles. The number of nitrogens with zero attached hydrogens (tertiary/aromatic N) is 4. The summed E-state index contributed by atoms with van der Waals surface area (Å²) in [5.74, 6) is 0.301. The highest BCUT2D eigenvalue weighted by Crippen LogP contribution is 2.35. The first-order valence-electron chi connectivity index (χ1n) is 8.79. The van der Waals surface area contributed by atoms with Gasteiger partial charge in [-0.1, -0.05) is 24.3 Å². The summed E-state index contributed by atoms with van der Waals surface area (Å²) in [6.07, 6.45) is 2.45. The molecule has 0 aliphatic heterocycles. The SMILES string of the molecule is [C-]#[N+][C@@H]1C[C@H]1C(=O)Nc1cc2cc(-c3ccccc3CC#N)nc(N)c2cn1. The van der Waals surface area contributed by atoms with Gasteiger partial charge in [0.2, 0.25) is 11.9 Å². The normalized spacial score (nSPS) is 17.5. The number of nitrogens with one attached hydrogen (secondary N) is 1. The van der Waals surface area contributed by atoms with Gasteiger partial charge in [0.05, 0.1) is 18.2 Å². The van der Waals surface area contributed by atoms with Crippen molar-refractivity contribution in [2.75, 3.05) is 11.1 Å². The van der Waals surface area contributed by atoms with Crippen LogP contribution >= 0.6 is 0 Å². The van der Waals surface area contributed by atoms with E-state index in [2.05, 4.69) is 26.2 Å². The number of nitriles is 1. The third-order valence-corrected chi connectivity index (χ3v) is 4.82. The summed E-state index contributed by atoms with van der Waals surface area (Å²) < 4.78 is 0. The number of benzene rings is 1. The Morgan fingerprint density at radius 2 is 2.21 bits per heavy atom. The molecular weight excluding hydrogens is 352 g/mol. The first-order chi connectivity index (χ1) is 13.6. The highest BCUT2D eigenvalue weighted by molar-refractivity contribution is 5.98. The molecule has 0 radical (unpaired) electrons. The molecule has 2 atom stereocenters. The maximum atomic E-state index is 12.2. The molecule has 3 aromatic rings. The molecule has 1 amide bonds. The second-order valence-electron chi connectivity index (χ2n) is 6.70. The summed E-state index contributed by atoms with van der Waals surface area (Å²) in [5, 5.41) is 13.3. The number of nitrogens with two attached hydrogens (primary N) is 1. The molecule has 28 heavy (non-hydrogen) atoms. The largest absolute Gasteiger partial charge is 0.383 e. The van der Waals surface area contributed by atoms with E-state index in [9.17, 15) is 4.79 Å². The number of rotatable bonds is 4. The van der Waals surface area contributed by atoms with Crippen LogP contribution in [-0.2, 0) is 11.2 Å². The molecule has 0 saturated heterocycles. The number of carbonyl (C=O) groups excluding carboxylic acids is 1. The van der Waals surface area contributed by atoms with Crippen LogP contribution in [0.4, 0.5) is 11.6 Å². The van der Waals surface area contributed by atoms with Crippen molar-refractivity contribution in [2.24, 2.45) is 5.92 Å². The summed E-state index contributed by atoms with van der Waals surface area (Å²) in [6.45, 7) is 7.00. The Morgan fingerprint density at radius 3 is 2.96 bits per heavy atom. The molecule has 7 heteroatoms. The van der Waals surface area contributed by atoms with E-state index < -0.39 is 0 Å². The van der Waals surface area contributed by atoms with E-state index in [1.807, 2.05) is 30.3 Å². The topological polar surface area (TPSA) is 109 Å². The first kappa shape index (κ1) is 17.4. The molecule has 0 unspecified atom stereocenters. The molecule has 1 saturated carbocycles. The lowest BCUT2D eigenvalue weighted by molar-refractivity contribution is -0.117. The average Bonchev–Trinajstić information content (AvgIpc) is 3.48. The molecule has 3 N–H and O–H groups in total. The van der Waals surface area contributed by atoms with E-state index in [-0.39, 0.29) is 24.3 Å². The van der Waals surface area contributed by atoms with Gasteiger partial charge in [-0.3, -0.25) is 4.79 Å². The number of amides is 1. The molecule has 7 nitrogen and oxygen atoms in total. The van der Waals surface area contributed by atoms with Gasteiger partial charge >= 0.3 is 0 Å². The third kappa shape index (κ3) is 3.22. The lowest BCUT2D eigenvalue weighted by Crippen LogP contribution is -2.16. The molecule has 1 aliphatic carbocycles. The van der Waals surface area contributed by atoms with Gasteiger partial charge in [-0.05, 0) is 23.1 Å². The minimum Gasteiger partial charge on any atom is -0.383 e.